The van der Waals surface area contributed by atoms with Gasteiger partial charge in [0.15, 0.2) is 0 Å². The molecular weight excluding hydrogens is 271 g/mol. The second kappa shape index (κ2) is 4.98. The standard InChI is InChI=1S/C11H13FN4O2S/c1-16-7-8(5-14-16)6-15-19(17,18)11-3-9(12)2-10(13)4-11/h2-5,7,15H,6,13H2,1H3. The summed E-state index contributed by atoms with van der Waals surface area (Å²) in [5.41, 5.74) is 6.18. The normalized spacial score (nSPS) is 11.7. The zero-order valence-corrected chi connectivity index (χ0v) is 11.0. The molecule has 0 spiro atoms. The number of aromatic nitrogens is 2. The summed E-state index contributed by atoms with van der Waals surface area (Å²) in [6.45, 7) is 0.0760. The van der Waals surface area contributed by atoms with Gasteiger partial charge in [0.1, 0.15) is 5.82 Å². The van der Waals surface area contributed by atoms with Crippen LogP contribution in [0.25, 0.3) is 0 Å². The Morgan fingerprint density at radius 1 is 1.42 bits per heavy atom. The van der Waals surface area contributed by atoms with Gasteiger partial charge in [0.05, 0.1) is 11.1 Å². The average molecular weight is 284 g/mol. The van der Waals surface area contributed by atoms with Crippen LogP contribution in [0.3, 0.4) is 0 Å². The van der Waals surface area contributed by atoms with E-state index < -0.39 is 15.8 Å². The Labute approximate surface area is 110 Å². The molecule has 0 aliphatic heterocycles. The SMILES string of the molecule is Cn1cc(CNS(=O)(=O)c2cc(N)cc(F)c2)cn1. The van der Waals surface area contributed by atoms with Crippen LogP contribution in [-0.2, 0) is 23.6 Å². The number of sulfonamides is 1. The Bertz CT molecular complexity index is 676. The van der Waals surface area contributed by atoms with E-state index in [4.69, 9.17) is 5.73 Å². The molecule has 0 saturated heterocycles. The van der Waals surface area contributed by atoms with Gasteiger partial charge in [0.2, 0.25) is 10.0 Å². The molecule has 0 saturated carbocycles. The molecule has 8 heteroatoms. The zero-order chi connectivity index (χ0) is 14.0. The lowest BCUT2D eigenvalue weighted by atomic mass is 10.3. The smallest absolute Gasteiger partial charge is 0.241 e. The van der Waals surface area contributed by atoms with Crippen molar-refractivity contribution in [3.05, 3.63) is 42.0 Å². The number of nitrogens with zero attached hydrogens (tertiary/aromatic N) is 2. The van der Waals surface area contributed by atoms with E-state index in [0.717, 1.165) is 12.1 Å². The largest absolute Gasteiger partial charge is 0.399 e. The highest BCUT2D eigenvalue weighted by Gasteiger charge is 2.15. The third kappa shape index (κ3) is 3.30. The van der Waals surface area contributed by atoms with Gasteiger partial charge < -0.3 is 5.73 Å². The summed E-state index contributed by atoms with van der Waals surface area (Å²) < 4.78 is 41.0. The van der Waals surface area contributed by atoms with Crippen LogP contribution in [-0.4, -0.2) is 18.2 Å². The van der Waals surface area contributed by atoms with Crippen LogP contribution in [0.1, 0.15) is 5.56 Å². The number of hydrogen-bond acceptors (Lipinski definition) is 4. The summed E-state index contributed by atoms with van der Waals surface area (Å²) in [5.74, 6) is -0.693. The Morgan fingerprint density at radius 2 is 2.16 bits per heavy atom. The first-order chi connectivity index (χ1) is 8.87. The molecule has 0 unspecified atom stereocenters. The van der Waals surface area contributed by atoms with Crippen molar-refractivity contribution >= 4 is 15.7 Å². The average Bonchev–Trinajstić information content (AvgIpc) is 2.71. The number of nitrogen functional groups attached to an aromatic ring is 1. The minimum Gasteiger partial charge on any atom is -0.399 e. The number of aryl methyl sites for hydroxylation is 1. The summed E-state index contributed by atoms with van der Waals surface area (Å²) in [6.07, 6.45) is 3.23. The molecule has 0 bridgehead atoms. The number of halogens is 1. The molecule has 0 amide bonds. The third-order valence-corrected chi connectivity index (χ3v) is 3.81. The lowest BCUT2D eigenvalue weighted by Gasteiger charge is -2.06. The summed E-state index contributed by atoms with van der Waals surface area (Å²) in [7, 11) is -2.07. The molecule has 0 aliphatic rings. The minimum atomic E-state index is -3.80. The van der Waals surface area contributed by atoms with Crippen molar-refractivity contribution in [3.63, 3.8) is 0 Å². The lowest BCUT2D eigenvalue weighted by Crippen LogP contribution is -2.23. The molecule has 2 rings (SSSR count). The van der Waals surface area contributed by atoms with E-state index in [1.54, 1.807) is 24.1 Å². The van der Waals surface area contributed by atoms with Gasteiger partial charge in [-0.05, 0) is 18.2 Å². The highest BCUT2D eigenvalue weighted by Crippen LogP contribution is 2.16. The van der Waals surface area contributed by atoms with Crippen LogP contribution in [0.2, 0.25) is 0 Å². The van der Waals surface area contributed by atoms with E-state index in [2.05, 4.69) is 9.82 Å². The number of anilines is 1. The lowest BCUT2D eigenvalue weighted by molar-refractivity contribution is 0.577. The molecule has 1 aromatic carbocycles. The molecule has 0 atom stereocenters. The van der Waals surface area contributed by atoms with Crippen molar-refractivity contribution in [2.45, 2.75) is 11.4 Å². The summed E-state index contributed by atoms with van der Waals surface area (Å²) in [6, 6.07) is 3.18. The molecule has 19 heavy (non-hydrogen) atoms. The quantitative estimate of drug-likeness (QED) is 0.805. The van der Waals surface area contributed by atoms with E-state index in [1.807, 2.05) is 0 Å². The van der Waals surface area contributed by atoms with Crippen LogP contribution in [0.5, 0.6) is 0 Å². The van der Waals surface area contributed by atoms with E-state index in [-0.39, 0.29) is 17.1 Å². The molecule has 6 nitrogen and oxygen atoms in total. The first kappa shape index (κ1) is 13.5. The van der Waals surface area contributed by atoms with Crippen molar-refractivity contribution in [1.29, 1.82) is 0 Å². The van der Waals surface area contributed by atoms with Gasteiger partial charge in [-0.1, -0.05) is 0 Å². The first-order valence-corrected chi connectivity index (χ1v) is 6.88. The molecule has 1 heterocycles. The molecule has 0 radical (unpaired) electrons. The van der Waals surface area contributed by atoms with Gasteiger partial charge in [0.25, 0.3) is 0 Å². The Kier molecular flexibility index (Phi) is 3.54. The third-order valence-electron chi connectivity index (χ3n) is 2.43. The Balaban J connectivity index is 2.18. The summed E-state index contributed by atoms with van der Waals surface area (Å²) in [5, 5.41) is 3.92. The summed E-state index contributed by atoms with van der Waals surface area (Å²) >= 11 is 0. The van der Waals surface area contributed by atoms with Gasteiger partial charge in [-0.15, -0.1) is 0 Å². The van der Waals surface area contributed by atoms with Gasteiger partial charge in [-0.3, -0.25) is 4.68 Å². The van der Waals surface area contributed by atoms with Crippen molar-refractivity contribution in [3.8, 4) is 0 Å². The number of hydrogen-bond donors (Lipinski definition) is 2. The molecule has 3 N–H and O–H groups in total. The van der Waals surface area contributed by atoms with Crippen molar-refractivity contribution in [2.75, 3.05) is 5.73 Å². The maximum atomic E-state index is 13.1. The number of rotatable bonds is 4. The van der Waals surface area contributed by atoms with Gasteiger partial charge in [-0.25, -0.2) is 17.5 Å². The van der Waals surface area contributed by atoms with Crippen LogP contribution in [0, 0.1) is 5.82 Å². The Hall–Kier alpha value is -1.93. The first-order valence-electron chi connectivity index (χ1n) is 5.40. The van der Waals surface area contributed by atoms with Crippen LogP contribution in [0.15, 0.2) is 35.5 Å². The highest BCUT2D eigenvalue weighted by atomic mass is 32.2. The van der Waals surface area contributed by atoms with E-state index in [9.17, 15) is 12.8 Å². The van der Waals surface area contributed by atoms with Crippen molar-refractivity contribution < 1.29 is 12.8 Å². The maximum absolute atomic E-state index is 13.1. The van der Waals surface area contributed by atoms with Gasteiger partial charge in [0, 0.05) is 31.0 Å². The van der Waals surface area contributed by atoms with Crippen molar-refractivity contribution in [1.82, 2.24) is 14.5 Å². The fourth-order valence-corrected chi connectivity index (χ4v) is 2.65. The van der Waals surface area contributed by atoms with Gasteiger partial charge in [-0.2, -0.15) is 5.10 Å². The van der Waals surface area contributed by atoms with E-state index in [0.29, 0.717) is 5.56 Å². The monoisotopic (exact) mass is 284 g/mol. The molecule has 0 aliphatic carbocycles. The fraction of sp³-hybridized carbons (Fsp3) is 0.182. The molecule has 102 valence electrons. The topological polar surface area (TPSA) is 90.0 Å². The second-order valence-corrected chi connectivity index (χ2v) is 5.83. The molecule has 0 fully saturated rings. The van der Waals surface area contributed by atoms with Gasteiger partial charge >= 0.3 is 0 Å². The molecule has 1 aromatic heterocycles. The zero-order valence-electron chi connectivity index (χ0n) is 10.2. The summed E-state index contributed by atoms with van der Waals surface area (Å²) in [4.78, 5) is -0.200. The highest BCUT2D eigenvalue weighted by molar-refractivity contribution is 7.89. The Morgan fingerprint density at radius 3 is 2.74 bits per heavy atom. The second-order valence-electron chi connectivity index (χ2n) is 4.07. The van der Waals surface area contributed by atoms with E-state index >= 15 is 0 Å². The number of nitrogens with two attached hydrogens (primary N) is 1. The molecular formula is C11H13FN4O2S. The molecule has 2 aromatic rings. The number of nitrogens with one attached hydrogen (secondary N) is 1. The predicted molar refractivity (Wildman–Crippen MR) is 68.0 cm³/mol. The predicted octanol–water partition coefficient (Wildman–Crippen LogP) is 0.620. The maximum Gasteiger partial charge on any atom is 0.241 e. The van der Waals surface area contributed by atoms with Crippen LogP contribution < -0.4 is 10.5 Å². The van der Waals surface area contributed by atoms with Crippen LogP contribution >= 0.6 is 0 Å². The van der Waals surface area contributed by atoms with E-state index in [1.165, 1.54) is 6.07 Å². The number of benzene rings is 1. The van der Waals surface area contributed by atoms with Crippen LogP contribution in [0.4, 0.5) is 10.1 Å². The van der Waals surface area contributed by atoms with Crippen molar-refractivity contribution in [2.24, 2.45) is 7.05 Å². The minimum absolute atomic E-state index is 0.0572. The fourth-order valence-electron chi connectivity index (χ4n) is 1.56.